The quantitative estimate of drug-likeness (QED) is 0.140. The van der Waals surface area contributed by atoms with Gasteiger partial charge in [-0.15, -0.1) is 0 Å². The summed E-state index contributed by atoms with van der Waals surface area (Å²) in [5.41, 5.74) is 28.7. The van der Waals surface area contributed by atoms with Crippen LogP contribution in [0.2, 0.25) is 0 Å². The second kappa shape index (κ2) is 25.9. The van der Waals surface area contributed by atoms with E-state index in [0.717, 1.165) is 0 Å². The van der Waals surface area contributed by atoms with Gasteiger partial charge in [-0.3, -0.25) is 0 Å². The second-order valence-corrected chi connectivity index (χ2v) is 28.0. The summed E-state index contributed by atoms with van der Waals surface area (Å²) in [4.78, 5) is 0. The van der Waals surface area contributed by atoms with Crippen LogP contribution in [0, 0.1) is 27.7 Å². The Labute approximate surface area is 592 Å². The molecular weight excluding hydrogens is 1210 g/mol. The Hall–Kier alpha value is -12.2. The predicted molar refractivity (Wildman–Crippen MR) is 436 cm³/mol. The monoisotopic (exact) mass is 1290 g/mol. The fourth-order valence-electron chi connectivity index (χ4n) is 16.3. The molecule has 0 saturated heterocycles. The number of hydrogen-bond donors (Lipinski definition) is 0. The van der Waals surface area contributed by atoms with Gasteiger partial charge in [0, 0.05) is 5.41 Å². The number of hydrogen-bond acceptors (Lipinski definition) is 0. The van der Waals surface area contributed by atoms with Gasteiger partial charge in [0.15, 0.2) is 0 Å². The van der Waals surface area contributed by atoms with Crippen molar-refractivity contribution in [3.8, 4) is 89.0 Å². The number of benzene rings is 18. The molecule has 0 heteroatoms. The lowest BCUT2D eigenvalue weighted by molar-refractivity contribution is 0.660. The average Bonchev–Trinajstić information content (AvgIpc) is 1.72. The Morgan fingerprint density at radius 2 is 0.396 bits per heavy atom. The molecule has 0 aromatic heterocycles. The van der Waals surface area contributed by atoms with E-state index >= 15 is 0 Å². The molecule has 0 aliphatic heterocycles. The first-order valence-corrected chi connectivity index (χ1v) is 35.5. The fraction of sp³-hybridized carbons (Fsp3) is 0.0693. The first-order chi connectivity index (χ1) is 49.5. The SMILES string of the molecule is Cc1ccc(-c2c3ccccc3c(-c3ccc(-c4cccc5ccccc45)cc3)c3ccccc23)cc1.Cc1ccc(-c2c3ccccc3c(-c3ccc(C)cc3)c3ccccc23)cc1.Cc1ccc(-c2c3ccccc3c(-c3ccc4c(c3)C(C)(C)c3ccccc3-4)c3ccccc23)cc1. The van der Waals surface area contributed by atoms with Crippen molar-refractivity contribution >= 4 is 75.4 Å². The smallest absolute Gasteiger partial charge is 0.0159 e. The minimum Gasteiger partial charge on any atom is -0.0619 e. The van der Waals surface area contributed by atoms with Gasteiger partial charge in [0.05, 0.1) is 0 Å². The Morgan fingerprint density at radius 3 is 0.733 bits per heavy atom. The molecule has 1 aliphatic rings. The maximum Gasteiger partial charge on any atom is 0.0159 e. The van der Waals surface area contributed by atoms with Crippen LogP contribution in [0.1, 0.15) is 47.2 Å². The Morgan fingerprint density at radius 1 is 0.168 bits per heavy atom. The largest absolute Gasteiger partial charge is 0.0619 e. The molecule has 0 spiro atoms. The molecular formula is C101H76. The maximum absolute atomic E-state index is 2.45. The zero-order valence-corrected chi connectivity index (χ0v) is 58.0. The third-order valence-electron chi connectivity index (χ3n) is 21.3. The molecule has 0 radical (unpaired) electrons. The summed E-state index contributed by atoms with van der Waals surface area (Å²) in [6.45, 7) is 13.3. The van der Waals surface area contributed by atoms with E-state index in [9.17, 15) is 0 Å². The van der Waals surface area contributed by atoms with E-state index in [-0.39, 0.29) is 5.41 Å². The van der Waals surface area contributed by atoms with Crippen LogP contribution in [0.4, 0.5) is 0 Å². The molecule has 0 unspecified atom stereocenters. The number of fused-ring (bicyclic) bond motifs is 10. The standard InChI is InChI=1S/C37H26.C36H28.C28H22/c1-25-17-19-28(20-18-25)36-32-12-4-6-14-34(32)37(35-15-7-5-13-33(35)36)29-23-21-27(22-24-29)31-16-8-10-26-9-2-3-11-30(26)31;1-23-16-18-24(19-17-23)34-28-11-4-6-13-30(28)35(31-14-7-5-12-29(31)34)25-20-21-27-26-10-8-9-15-32(26)36(2,3)33(27)22-25;1-19-11-15-21(16-12-19)27-23-7-3-5-9-25(23)28(22-17-13-20(2)14-18-22)26-10-6-4-8-24(26)27/h2-24H,1H3;4-22H,1-3H3;3-18H,1-2H3. The normalized spacial score (nSPS) is 12.1. The van der Waals surface area contributed by atoms with E-state index in [1.807, 2.05) is 0 Å². The molecule has 0 atom stereocenters. The van der Waals surface area contributed by atoms with E-state index in [1.165, 1.54) is 198 Å². The van der Waals surface area contributed by atoms with Crippen LogP contribution >= 0.6 is 0 Å². The molecule has 0 amide bonds. The van der Waals surface area contributed by atoms with E-state index in [4.69, 9.17) is 0 Å². The van der Waals surface area contributed by atoms with Crippen molar-refractivity contribution in [2.75, 3.05) is 0 Å². The third-order valence-corrected chi connectivity index (χ3v) is 21.3. The van der Waals surface area contributed by atoms with Crippen molar-refractivity contribution in [1.29, 1.82) is 0 Å². The molecule has 0 heterocycles. The van der Waals surface area contributed by atoms with Gasteiger partial charge in [0.2, 0.25) is 0 Å². The van der Waals surface area contributed by atoms with Gasteiger partial charge in [-0.2, -0.15) is 0 Å². The molecule has 0 nitrogen and oxygen atoms in total. The van der Waals surface area contributed by atoms with Gasteiger partial charge < -0.3 is 0 Å². The lowest BCUT2D eigenvalue weighted by Crippen LogP contribution is -2.14. The van der Waals surface area contributed by atoms with E-state index in [0.29, 0.717) is 0 Å². The number of rotatable bonds is 7. The van der Waals surface area contributed by atoms with E-state index in [2.05, 4.69) is 393 Å². The van der Waals surface area contributed by atoms with Crippen molar-refractivity contribution < 1.29 is 0 Å². The van der Waals surface area contributed by atoms with Gasteiger partial charge in [-0.25, -0.2) is 0 Å². The van der Waals surface area contributed by atoms with Gasteiger partial charge in [-0.05, 0) is 209 Å². The van der Waals surface area contributed by atoms with Gasteiger partial charge in [0.25, 0.3) is 0 Å². The molecule has 480 valence electrons. The lowest BCUT2D eigenvalue weighted by atomic mass is 9.80. The first kappa shape index (κ1) is 62.3. The van der Waals surface area contributed by atoms with Gasteiger partial charge in [0.1, 0.15) is 0 Å². The summed E-state index contributed by atoms with van der Waals surface area (Å²) in [6, 6.07) is 129. The van der Waals surface area contributed by atoms with Crippen LogP contribution in [0.3, 0.4) is 0 Å². The summed E-state index contributed by atoms with van der Waals surface area (Å²) < 4.78 is 0. The van der Waals surface area contributed by atoms with E-state index in [1.54, 1.807) is 0 Å². The fourth-order valence-corrected chi connectivity index (χ4v) is 16.3. The Kier molecular flexibility index (Phi) is 16.0. The molecule has 19 rings (SSSR count). The van der Waals surface area contributed by atoms with Crippen LogP contribution in [0.25, 0.3) is 164 Å². The highest BCUT2D eigenvalue weighted by Gasteiger charge is 2.35. The summed E-state index contributed by atoms with van der Waals surface area (Å²) in [5.74, 6) is 0. The lowest BCUT2D eigenvalue weighted by Gasteiger charge is -2.23. The Bertz CT molecular complexity index is 5920. The van der Waals surface area contributed by atoms with Crippen LogP contribution in [-0.4, -0.2) is 0 Å². The summed E-state index contributed by atoms with van der Waals surface area (Å²) in [7, 11) is 0. The van der Waals surface area contributed by atoms with Crippen LogP contribution < -0.4 is 0 Å². The summed E-state index contributed by atoms with van der Waals surface area (Å²) >= 11 is 0. The molecule has 18 aromatic rings. The summed E-state index contributed by atoms with van der Waals surface area (Å²) in [6.07, 6.45) is 0. The van der Waals surface area contributed by atoms with Crippen LogP contribution in [0.5, 0.6) is 0 Å². The highest BCUT2D eigenvalue weighted by molar-refractivity contribution is 6.24. The van der Waals surface area contributed by atoms with Crippen molar-refractivity contribution in [2.45, 2.75) is 47.0 Å². The van der Waals surface area contributed by atoms with Gasteiger partial charge >= 0.3 is 0 Å². The van der Waals surface area contributed by atoms with Crippen molar-refractivity contribution in [3.05, 3.63) is 385 Å². The molecule has 0 N–H and O–H groups in total. The first-order valence-electron chi connectivity index (χ1n) is 35.5. The topological polar surface area (TPSA) is 0 Å². The zero-order chi connectivity index (χ0) is 68.3. The molecule has 0 bridgehead atoms. The van der Waals surface area contributed by atoms with E-state index < -0.39 is 0 Å². The maximum atomic E-state index is 2.45. The second-order valence-electron chi connectivity index (χ2n) is 28.0. The highest BCUT2D eigenvalue weighted by atomic mass is 14.4. The average molecular weight is 1290 g/mol. The predicted octanol–water partition coefficient (Wildman–Crippen LogP) is 28.3. The molecule has 101 heavy (non-hydrogen) atoms. The van der Waals surface area contributed by atoms with Crippen molar-refractivity contribution in [1.82, 2.24) is 0 Å². The zero-order valence-electron chi connectivity index (χ0n) is 58.0. The minimum atomic E-state index is -0.0185. The van der Waals surface area contributed by atoms with Crippen molar-refractivity contribution in [2.24, 2.45) is 0 Å². The highest BCUT2D eigenvalue weighted by Crippen LogP contribution is 2.52. The van der Waals surface area contributed by atoms with Crippen LogP contribution in [-0.2, 0) is 5.41 Å². The minimum absolute atomic E-state index is 0.0185. The van der Waals surface area contributed by atoms with Crippen molar-refractivity contribution in [3.63, 3.8) is 0 Å². The number of aryl methyl sites for hydroxylation is 4. The van der Waals surface area contributed by atoms with Gasteiger partial charge in [-0.1, -0.05) is 382 Å². The molecule has 1 aliphatic carbocycles. The molecule has 0 fully saturated rings. The Balaban J connectivity index is 0.000000114. The molecule has 18 aromatic carbocycles. The summed E-state index contributed by atoms with van der Waals surface area (Å²) in [5, 5.41) is 18.2. The van der Waals surface area contributed by atoms with Crippen LogP contribution in [0.15, 0.2) is 352 Å². The molecule has 0 saturated carbocycles. The third kappa shape index (κ3) is 11.1.